The number of nitro groups is 1. The molecule has 1 saturated heterocycles. The first kappa shape index (κ1) is 16.1. The number of non-ortho nitro benzene ring substituents is 1. The predicted octanol–water partition coefficient (Wildman–Crippen LogP) is 2.27. The fraction of sp³-hybridized carbons (Fsp3) is 0.154. The number of thioether (sulfide) groups is 1. The third-order valence-electron chi connectivity index (χ3n) is 2.97. The van der Waals surface area contributed by atoms with Crippen molar-refractivity contribution in [2.24, 2.45) is 0 Å². The largest absolute Gasteiger partial charge is 0.480 e. The van der Waals surface area contributed by atoms with Crippen LogP contribution in [0.15, 0.2) is 29.2 Å². The van der Waals surface area contributed by atoms with Gasteiger partial charge in [-0.15, -0.1) is 0 Å². The number of aliphatic carboxylic acids is 1. The van der Waals surface area contributed by atoms with Gasteiger partial charge < -0.3 is 5.11 Å². The minimum Gasteiger partial charge on any atom is -0.480 e. The monoisotopic (exact) mass is 338 g/mol. The van der Waals surface area contributed by atoms with Gasteiger partial charge in [-0.1, -0.05) is 24.0 Å². The highest BCUT2D eigenvalue weighted by Gasteiger charge is 2.38. The molecular formula is C13H10N2O5S2. The first-order valence-electron chi connectivity index (χ1n) is 6.05. The van der Waals surface area contributed by atoms with Gasteiger partial charge in [0.1, 0.15) is 10.4 Å². The van der Waals surface area contributed by atoms with Crippen molar-refractivity contribution in [1.82, 2.24) is 4.90 Å². The average molecular weight is 338 g/mol. The van der Waals surface area contributed by atoms with Crippen LogP contribution in [-0.4, -0.2) is 37.2 Å². The van der Waals surface area contributed by atoms with Crippen LogP contribution in [0.2, 0.25) is 0 Å². The Bertz CT molecular complexity index is 699. The number of nitrogens with zero attached hydrogens (tertiary/aromatic N) is 2. The topological polar surface area (TPSA) is 101 Å². The van der Waals surface area contributed by atoms with Crippen LogP contribution in [0.5, 0.6) is 0 Å². The first-order chi connectivity index (χ1) is 10.3. The Morgan fingerprint density at radius 2 is 2.05 bits per heavy atom. The van der Waals surface area contributed by atoms with E-state index in [0.717, 1.165) is 16.7 Å². The Morgan fingerprint density at radius 1 is 1.45 bits per heavy atom. The highest BCUT2D eigenvalue weighted by atomic mass is 32.2. The lowest BCUT2D eigenvalue weighted by Gasteiger charge is -2.18. The summed E-state index contributed by atoms with van der Waals surface area (Å²) in [4.78, 5) is 34.6. The van der Waals surface area contributed by atoms with Gasteiger partial charge in [0.2, 0.25) is 0 Å². The smallest absolute Gasteiger partial charge is 0.326 e. The molecule has 1 aromatic carbocycles. The van der Waals surface area contributed by atoms with Gasteiger partial charge in [-0.3, -0.25) is 19.8 Å². The summed E-state index contributed by atoms with van der Waals surface area (Å²) in [5, 5.41) is 19.6. The number of hydrogen-bond acceptors (Lipinski definition) is 6. The van der Waals surface area contributed by atoms with E-state index in [1.54, 1.807) is 0 Å². The summed E-state index contributed by atoms with van der Waals surface area (Å²) < 4.78 is 0.174. The third-order valence-corrected chi connectivity index (χ3v) is 4.30. The van der Waals surface area contributed by atoms with Crippen molar-refractivity contribution in [2.75, 3.05) is 0 Å². The van der Waals surface area contributed by atoms with E-state index in [2.05, 4.69) is 0 Å². The highest BCUT2D eigenvalue weighted by Crippen LogP contribution is 2.34. The lowest BCUT2D eigenvalue weighted by molar-refractivity contribution is -0.384. The quantitative estimate of drug-likeness (QED) is 0.389. The molecule has 9 heteroatoms. The summed E-state index contributed by atoms with van der Waals surface area (Å²) in [7, 11) is 0. The van der Waals surface area contributed by atoms with Crippen molar-refractivity contribution >= 4 is 51.9 Å². The molecule has 7 nitrogen and oxygen atoms in total. The summed E-state index contributed by atoms with van der Waals surface area (Å²) in [6, 6.07) is 4.62. The molecule has 22 heavy (non-hydrogen) atoms. The van der Waals surface area contributed by atoms with Gasteiger partial charge in [0.15, 0.2) is 0 Å². The van der Waals surface area contributed by atoms with Crippen molar-refractivity contribution in [1.29, 1.82) is 0 Å². The van der Waals surface area contributed by atoms with Crippen molar-refractivity contribution in [3.05, 3.63) is 44.8 Å². The lowest BCUT2D eigenvalue weighted by Crippen LogP contribution is -2.41. The van der Waals surface area contributed by atoms with Gasteiger partial charge in [0.25, 0.3) is 11.6 Å². The molecule has 0 saturated carbocycles. The van der Waals surface area contributed by atoms with Crippen LogP contribution >= 0.6 is 24.0 Å². The Morgan fingerprint density at radius 3 is 2.55 bits per heavy atom. The van der Waals surface area contributed by atoms with E-state index in [1.807, 2.05) is 0 Å². The number of amides is 1. The first-order valence-corrected chi connectivity index (χ1v) is 7.28. The number of hydrogen-bond donors (Lipinski definition) is 1. The van der Waals surface area contributed by atoms with E-state index in [9.17, 15) is 19.7 Å². The molecule has 1 aliphatic heterocycles. The van der Waals surface area contributed by atoms with Gasteiger partial charge in [0.05, 0.1) is 9.83 Å². The van der Waals surface area contributed by atoms with Crippen LogP contribution in [0, 0.1) is 10.1 Å². The maximum absolute atomic E-state index is 12.2. The zero-order valence-corrected chi connectivity index (χ0v) is 12.9. The second-order valence-corrected chi connectivity index (χ2v) is 6.09. The van der Waals surface area contributed by atoms with Gasteiger partial charge in [-0.05, 0) is 30.7 Å². The summed E-state index contributed by atoms with van der Waals surface area (Å²) >= 11 is 6.04. The van der Waals surface area contributed by atoms with Gasteiger partial charge in [-0.25, -0.2) is 4.79 Å². The molecule has 0 radical (unpaired) electrons. The van der Waals surface area contributed by atoms with Gasteiger partial charge in [-0.2, -0.15) is 0 Å². The zero-order valence-electron chi connectivity index (χ0n) is 11.3. The fourth-order valence-corrected chi connectivity index (χ4v) is 3.19. The number of carbonyl (C=O) groups excluding carboxylic acids is 1. The molecule has 1 fully saturated rings. The Hall–Kier alpha value is -2.26. The van der Waals surface area contributed by atoms with Gasteiger partial charge >= 0.3 is 5.97 Å². The highest BCUT2D eigenvalue weighted by molar-refractivity contribution is 8.26. The number of benzene rings is 1. The minimum atomic E-state index is -1.15. The van der Waals surface area contributed by atoms with E-state index >= 15 is 0 Å². The van der Waals surface area contributed by atoms with Gasteiger partial charge in [0, 0.05) is 12.1 Å². The number of thiocarbonyl (C=S) groups is 1. The molecule has 1 N–H and O–H groups in total. The molecule has 0 aliphatic carbocycles. The number of nitro benzene ring substituents is 1. The third kappa shape index (κ3) is 3.15. The van der Waals surface area contributed by atoms with Crippen molar-refractivity contribution < 1.29 is 19.6 Å². The normalized spacial score (nSPS) is 17.9. The molecular weight excluding hydrogens is 328 g/mol. The van der Waals surface area contributed by atoms with Crippen molar-refractivity contribution in [2.45, 2.75) is 13.0 Å². The van der Waals surface area contributed by atoms with Crippen LogP contribution in [-0.2, 0) is 9.59 Å². The minimum absolute atomic E-state index is 0.0517. The standard InChI is InChI=1S/C13H10N2O5S2/c1-7(12(17)18)14-11(16)10(22-13(14)21)6-8-2-4-9(5-3-8)15(19)20/h2-7H,1H3,(H,17,18)/b10-6-/t7-/m0/s1. The van der Waals surface area contributed by atoms with Crippen LogP contribution in [0.1, 0.15) is 12.5 Å². The lowest BCUT2D eigenvalue weighted by atomic mass is 10.2. The molecule has 0 unspecified atom stereocenters. The van der Waals surface area contributed by atoms with Crippen LogP contribution in [0.3, 0.4) is 0 Å². The summed E-state index contributed by atoms with van der Waals surface area (Å²) in [5.74, 6) is -1.63. The second kappa shape index (κ2) is 6.24. The van der Waals surface area contributed by atoms with Crippen LogP contribution in [0.4, 0.5) is 5.69 Å². The van der Waals surface area contributed by atoms with Crippen LogP contribution < -0.4 is 0 Å². The molecule has 2 rings (SSSR count). The Balaban J connectivity index is 2.26. The zero-order chi connectivity index (χ0) is 16.4. The van der Waals surface area contributed by atoms with E-state index in [1.165, 1.54) is 37.3 Å². The number of rotatable bonds is 4. The maximum atomic E-state index is 12.2. The Kier molecular flexibility index (Phi) is 4.57. The number of carboxylic acid groups (broad SMARTS) is 1. The molecule has 0 aromatic heterocycles. The van der Waals surface area contributed by atoms with E-state index in [0.29, 0.717) is 5.56 Å². The van der Waals surface area contributed by atoms with Crippen LogP contribution in [0.25, 0.3) is 6.08 Å². The maximum Gasteiger partial charge on any atom is 0.326 e. The van der Waals surface area contributed by atoms with E-state index < -0.39 is 22.8 Å². The summed E-state index contributed by atoms with van der Waals surface area (Å²) in [6.45, 7) is 1.38. The molecule has 1 aliphatic rings. The SMILES string of the molecule is C[C@@H](C(=O)O)N1C(=O)/C(=C/c2ccc([N+](=O)[O-])cc2)SC1=S. The Labute approximate surface area is 134 Å². The molecule has 0 bridgehead atoms. The van der Waals surface area contributed by atoms with Crippen molar-refractivity contribution in [3.8, 4) is 0 Å². The van der Waals surface area contributed by atoms with E-state index in [4.69, 9.17) is 17.3 Å². The molecule has 0 spiro atoms. The number of carboxylic acids is 1. The molecule has 1 atom stereocenters. The fourth-order valence-electron chi connectivity index (χ4n) is 1.77. The summed E-state index contributed by atoms with van der Waals surface area (Å²) in [5.41, 5.74) is 0.540. The number of carbonyl (C=O) groups is 2. The molecule has 1 amide bonds. The van der Waals surface area contributed by atoms with E-state index in [-0.39, 0.29) is 14.9 Å². The molecule has 114 valence electrons. The average Bonchev–Trinajstić information content (AvgIpc) is 2.73. The molecule has 1 heterocycles. The second-order valence-electron chi connectivity index (χ2n) is 4.41. The van der Waals surface area contributed by atoms with Crippen molar-refractivity contribution in [3.63, 3.8) is 0 Å². The molecule has 1 aromatic rings. The summed E-state index contributed by atoms with van der Waals surface area (Å²) in [6.07, 6.45) is 1.53. The predicted molar refractivity (Wildman–Crippen MR) is 85.2 cm³/mol.